The Morgan fingerprint density at radius 2 is 2.05 bits per heavy atom. The minimum atomic E-state index is -0.460. The normalized spacial score (nSPS) is 11.8. The molecule has 1 aromatic rings. The Morgan fingerprint density at radius 3 is 2.58 bits per heavy atom. The SMILES string of the molecule is CCC(=O)N(Cc1cccc(C)c1)[C@@H](C)C(=O)NC. The fraction of sp³-hybridized carbons (Fsp3) is 0.467. The standard InChI is InChI=1S/C15H22N2O2/c1-5-14(18)17(12(3)15(19)16-4)10-13-8-6-7-11(2)9-13/h6-9,12H,5,10H2,1-4H3,(H,16,19)/t12-/m0/s1. The number of amides is 2. The maximum atomic E-state index is 12.0. The molecule has 0 radical (unpaired) electrons. The summed E-state index contributed by atoms with van der Waals surface area (Å²) in [5, 5.41) is 2.59. The van der Waals surface area contributed by atoms with Crippen molar-refractivity contribution in [1.29, 1.82) is 0 Å². The van der Waals surface area contributed by atoms with Crippen LogP contribution in [0.5, 0.6) is 0 Å². The highest BCUT2D eigenvalue weighted by molar-refractivity contribution is 5.87. The highest BCUT2D eigenvalue weighted by atomic mass is 16.2. The van der Waals surface area contributed by atoms with E-state index in [0.717, 1.165) is 11.1 Å². The molecular formula is C15H22N2O2. The van der Waals surface area contributed by atoms with E-state index in [9.17, 15) is 9.59 Å². The van der Waals surface area contributed by atoms with E-state index in [1.165, 1.54) is 0 Å². The van der Waals surface area contributed by atoms with Gasteiger partial charge < -0.3 is 10.2 Å². The Morgan fingerprint density at radius 1 is 1.37 bits per heavy atom. The molecule has 0 fully saturated rings. The largest absolute Gasteiger partial charge is 0.357 e. The molecule has 0 spiro atoms. The van der Waals surface area contributed by atoms with Gasteiger partial charge in [0.25, 0.3) is 0 Å². The molecule has 0 saturated carbocycles. The van der Waals surface area contributed by atoms with Gasteiger partial charge in [0.15, 0.2) is 0 Å². The van der Waals surface area contributed by atoms with E-state index in [1.54, 1.807) is 18.9 Å². The summed E-state index contributed by atoms with van der Waals surface area (Å²) >= 11 is 0. The summed E-state index contributed by atoms with van der Waals surface area (Å²) in [6.07, 6.45) is 0.396. The number of benzene rings is 1. The average molecular weight is 262 g/mol. The molecule has 1 rings (SSSR count). The maximum absolute atomic E-state index is 12.0. The summed E-state index contributed by atoms with van der Waals surface area (Å²) in [7, 11) is 1.58. The minimum absolute atomic E-state index is 0.0161. The van der Waals surface area contributed by atoms with Crippen molar-refractivity contribution in [2.75, 3.05) is 7.05 Å². The molecule has 4 heteroatoms. The van der Waals surface area contributed by atoms with Crippen LogP contribution in [0.3, 0.4) is 0 Å². The van der Waals surface area contributed by atoms with Crippen LogP contribution in [0.15, 0.2) is 24.3 Å². The molecule has 0 saturated heterocycles. The Labute approximate surface area is 114 Å². The van der Waals surface area contributed by atoms with Crippen LogP contribution in [0, 0.1) is 6.92 Å². The van der Waals surface area contributed by atoms with E-state index in [-0.39, 0.29) is 11.8 Å². The van der Waals surface area contributed by atoms with Crippen LogP contribution in [0.25, 0.3) is 0 Å². The first-order chi connectivity index (χ1) is 8.99. The highest BCUT2D eigenvalue weighted by Crippen LogP contribution is 2.12. The van der Waals surface area contributed by atoms with Crippen LogP contribution in [-0.4, -0.2) is 29.8 Å². The zero-order valence-electron chi connectivity index (χ0n) is 12.1. The summed E-state index contributed by atoms with van der Waals surface area (Å²) in [5.41, 5.74) is 2.19. The first-order valence-corrected chi connectivity index (χ1v) is 6.56. The zero-order chi connectivity index (χ0) is 14.4. The second kappa shape index (κ2) is 6.92. The molecular weight excluding hydrogens is 240 g/mol. The Bertz CT molecular complexity index is 457. The molecule has 0 heterocycles. The highest BCUT2D eigenvalue weighted by Gasteiger charge is 2.24. The molecule has 1 aromatic carbocycles. The molecule has 0 aliphatic heterocycles. The molecule has 1 N–H and O–H groups in total. The number of hydrogen-bond acceptors (Lipinski definition) is 2. The third-order valence-corrected chi connectivity index (χ3v) is 3.15. The lowest BCUT2D eigenvalue weighted by Crippen LogP contribution is -2.46. The van der Waals surface area contributed by atoms with Crippen molar-refractivity contribution in [2.24, 2.45) is 0 Å². The molecule has 0 bridgehead atoms. The summed E-state index contributed by atoms with van der Waals surface area (Å²) in [6, 6.07) is 7.52. The first-order valence-electron chi connectivity index (χ1n) is 6.56. The van der Waals surface area contributed by atoms with Crippen molar-refractivity contribution >= 4 is 11.8 Å². The zero-order valence-corrected chi connectivity index (χ0v) is 12.1. The third kappa shape index (κ3) is 4.09. The number of nitrogens with zero attached hydrogens (tertiary/aromatic N) is 1. The van der Waals surface area contributed by atoms with Crippen molar-refractivity contribution in [3.63, 3.8) is 0 Å². The Balaban J connectivity index is 2.92. The van der Waals surface area contributed by atoms with Crippen molar-refractivity contribution in [3.8, 4) is 0 Å². The van der Waals surface area contributed by atoms with Gasteiger partial charge in [0.2, 0.25) is 11.8 Å². The third-order valence-electron chi connectivity index (χ3n) is 3.15. The maximum Gasteiger partial charge on any atom is 0.242 e. The fourth-order valence-corrected chi connectivity index (χ4v) is 2.00. The van der Waals surface area contributed by atoms with Crippen LogP contribution in [0.4, 0.5) is 0 Å². The topological polar surface area (TPSA) is 49.4 Å². The molecule has 2 amide bonds. The number of carbonyl (C=O) groups is 2. The van der Waals surface area contributed by atoms with E-state index in [0.29, 0.717) is 13.0 Å². The molecule has 4 nitrogen and oxygen atoms in total. The molecule has 0 aromatic heterocycles. The molecule has 0 aliphatic rings. The second-order valence-electron chi connectivity index (χ2n) is 4.65. The van der Waals surface area contributed by atoms with Crippen LogP contribution in [-0.2, 0) is 16.1 Å². The van der Waals surface area contributed by atoms with Crippen LogP contribution in [0.1, 0.15) is 31.4 Å². The van der Waals surface area contributed by atoms with E-state index in [4.69, 9.17) is 0 Å². The van der Waals surface area contributed by atoms with Gasteiger partial charge in [-0.2, -0.15) is 0 Å². The van der Waals surface area contributed by atoms with Crippen molar-refractivity contribution in [2.45, 2.75) is 39.8 Å². The molecule has 1 atom stereocenters. The summed E-state index contributed by atoms with van der Waals surface area (Å²) in [5.74, 6) is -0.160. The lowest BCUT2D eigenvalue weighted by Gasteiger charge is -2.28. The van der Waals surface area contributed by atoms with Crippen LogP contribution < -0.4 is 5.32 Å². The van der Waals surface area contributed by atoms with E-state index < -0.39 is 6.04 Å². The molecule has 0 aliphatic carbocycles. The number of rotatable bonds is 5. The average Bonchev–Trinajstić information content (AvgIpc) is 2.42. The molecule has 19 heavy (non-hydrogen) atoms. The van der Waals surface area contributed by atoms with E-state index in [2.05, 4.69) is 5.32 Å². The summed E-state index contributed by atoms with van der Waals surface area (Å²) in [6.45, 7) is 6.03. The number of aryl methyl sites for hydroxylation is 1. The van der Waals surface area contributed by atoms with Gasteiger partial charge in [-0.05, 0) is 19.4 Å². The number of carbonyl (C=O) groups excluding carboxylic acids is 2. The smallest absolute Gasteiger partial charge is 0.242 e. The van der Waals surface area contributed by atoms with Crippen molar-refractivity contribution in [1.82, 2.24) is 10.2 Å². The van der Waals surface area contributed by atoms with Crippen molar-refractivity contribution in [3.05, 3.63) is 35.4 Å². The predicted octanol–water partition coefficient (Wildman–Crippen LogP) is 1.87. The van der Waals surface area contributed by atoms with Crippen molar-refractivity contribution < 1.29 is 9.59 Å². The van der Waals surface area contributed by atoms with Gasteiger partial charge in [0.05, 0.1) is 0 Å². The predicted molar refractivity (Wildman–Crippen MR) is 75.5 cm³/mol. The van der Waals surface area contributed by atoms with Gasteiger partial charge in [0.1, 0.15) is 6.04 Å². The lowest BCUT2D eigenvalue weighted by atomic mass is 10.1. The number of nitrogens with one attached hydrogen (secondary N) is 1. The lowest BCUT2D eigenvalue weighted by molar-refractivity contribution is -0.140. The van der Waals surface area contributed by atoms with Gasteiger partial charge in [-0.3, -0.25) is 9.59 Å². The number of likely N-dealkylation sites (N-methyl/N-ethyl adjacent to an activating group) is 1. The van der Waals surface area contributed by atoms with Gasteiger partial charge in [-0.25, -0.2) is 0 Å². The second-order valence-corrected chi connectivity index (χ2v) is 4.65. The monoisotopic (exact) mass is 262 g/mol. The van der Waals surface area contributed by atoms with Gasteiger partial charge in [-0.15, -0.1) is 0 Å². The molecule has 0 unspecified atom stereocenters. The Kier molecular flexibility index (Phi) is 5.55. The minimum Gasteiger partial charge on any atom is -0.357 e. The number of hydrogen-bond donors (Lipinski definition) is 1. The summed E-state index contributed by atoms with van der Waals surface area (Å²) < 4.78 is 0. The van der Waals surface area contributed by atoms with E-state index in [1.807, 2.05) is 38.1 Å². The first kappa shape index (κ1) is 15.2. The Hall–Kier alpha value is -1.84. The molecule has 104 valence electrons. The summed E-state index contributed by atoms with van der Waals surface area (Å²) in [4.78, 5) is 25.4. The van der Waals surface area contributed by atoms with Gasteiger partial charge >= 0.3 is 0 Å². The van der Waals surface area contributed by atoms with Gasteiger partial charge in [-0.1, -0.05) is 36.8 Å². The van der Waals surface area contributed by atoms with Crippen LogP contribution >= 0.6 is 0 Å². The van der Waals surface area contributed by atoms with E-state index >= 15 is 0 Å². The van der Waals surface area contributed by atoms with Crippen LogP contribution in [0.2, 0.25) is 0 Å². The van der Waals surface area contributed by atoms with Gasteiger partial charge in [0, 0.05) is 20.0 Å². The quantitative estimate of drug-likeness (QED) is 0.880. The fourth-order valence-electron chi connectivity index (χ4n) is 2.00.